The predicted molar refractivity (Wildman–Crippen MR) is 89.6 cm³/mol. The molecule has 0 spiro atoms. The van der Waals surface area contributed by atoms with E-state index >= 15 is 0 Å². The SMILES string of the molecule is CCCNc1nc(Cc2ccc(Cl)cc2Cl)nc(C)c1C. The van der Waals surface area contributed by atoms with Gasteiger partial charge in [-0.3, -0.25) is 0 Å². The first kappa shape index (κ1) is 16.1. The van der Waals surface area contributed by atoms with Gasteiger partial charge in [-0.05, 0) is 38.0 Å². The third kappa shape index (κ3) is 4.08. The Balaban J connectivity index is 2.29. The molecule has 0 bridgehead atoms. The van der Waals surface area contributed by atoms with E-state index in [0.717, 1.165) is 41.4 Å². The fourth-order valence-electron chi connectivity index (χ4n) is 2.02. The van der Waals surface area contributed by atoms with Crippen LogP contribution in [-0.2, 0) is 6.42 Å². The van der Waals surface area contributed by atoms with Crippen LogP contribution < -0.4 is 5.32 Å². The minimum atomic E-state index is 0.595. The minimum Gasteiger partial charge on any atom is -0.370 e. The molecule has 1 N–H and O–H groups in total. The molecule has 21 heavy (non-hydrogen) atoms. The highest BCUT2D eigenvalue weighted by atomic mass is 35.5. The molecule has 0 aliphatic heterocycles. The topological polar surface area (TPSA) is 37.8 Å². The normalized spacial score (nSPS) is 10.7. The van der Waals surface area contributed by atoms with Gasteiger partial charge < -0.3 is 5.32 Å². The Bertz CT molecular complexity index is 642. The van der Waals surface area contributed by atoms with Gasteiger partial charge in [0.15, 0.2) is 0 Å². The van der Waals surface area contributed by atoms with Crippen LogP contribution in [-0.4, -0.2) is 16.5 Å². The molecule has 0 aliphatic rings. The molecule has 0 saturated carbocycles. The third-order valence-corrected chi connectivity index (χ3v) is 3.93. The quantitative estimate of drug-likeness (QED) is 0.857. The Labute approximate surface area is 135 Å². The minimum absolute atomic E-state index is 0.595. The summed E-state index contributed by atoms with van der Waals surface area (Å²) in [6, 6.07) is 5.50. The fourth-order valence-corrected chi connectivity index (χ4v) is 2.49. The first-order chi connectivity index (χ1) is 10.0. The standard InChI is InChI=1S/C16H19Cl2N3/c1-4-7-19-16-10(2)11(3)20-15(21-16)8-12-5-6-13(17)9-14(12)18/h5-6,9H,4,7-8H2,1-3H3,(H,19,20,21). The van der Waals surface area contributed by atoms with Gasteiger partial charge in [0.25, 0.3) is 0 Å². The number of aryl methyl sites for hydroxylation is 1. The lowest BCUT2D eigenvalue weighted by Crippen LogP contribution is -2.09. The Morgan fingerprint density at radius 2 is 1.90 bits per heavy atom. The van der Waals surface area contributed by atoms with Gasteiger partial charge in [-0.2, -0.15) is 0 Å². The molecule has 1 aromatic carbocycles. The average Bonchev–Trinajstić information content (AvgIpc) is 2.44. The summed E-state index contributed by atoms with van der Waals surface area (Å²) in [4.78, 5) is 9.17. The lowest BCUT2D eigenvalue weighted by atomic mass is 10.1. The third-order valence-electron chi connectivity index (χ3n) is 3.34. The van der Waals surface area contributed by atoms with Gasteiger partial charge in [0, 0.05) is 34.3 Å². The molecule has 1 aromatic heterocycles. The summed E-state index contributed by atoms with van der Waals surface area (Å²) in [5.41, 5.74) is 3.06. The zero-order chi connectivity index (χ0) is 15.4. The highest BCUT2D eigenvalue weighted by molar-refractivity contribution is 6.35. The number of hydrogen-bond acceptors (Lipinski definition) is 3. The molecular formula is C16H19Cl2N3. The number of rotatable bonds is 5. The molecule has 0 amide bonds. The van der Waals surface area contributed by atoms with E-state index in [-0.39, 0.29) is 0 Å². The number of hydrogen-bond donors (Lipinski definition) is 1. The van der Waals surface area contributed by atoms with Crippen molar-refractivity contribution in [3.8, 4) is 0 Å². The van der Waals surface area contributed by atoms with Crippen molar-refractivity contribution in [1.29, 1.82) is 0 Å². The van der Waals surface area contributed by atoms with Gasteiger partial charge in [-0.25, -0.2) is 9.97 Å². The van der Waals surface area contributed by atoms with Crippen molar-refractivity contribution in [2.75, 3.05) is 11.9 Å². The highest BCUT2D eigenvalue weighted by Gasteiger charge is 2.10. The van der Waals surface area contributed by atoms with Crippen LogP contribution in [0.2, 0.25) is 10.0 Å². The Morgan fingerprint density at radius 3 is 2.57 bits per heavy atom. The van der Waals surface area contributed by atoms with Crippen molar-refractivity contribution >= 4 is 29.0 Å². The van der Waals surface area contributed by atoms with Crippen LogP contribution in [0.4, 0.5) is 5.82 Å². The van der Waals surface area contributed by atoms with Gasteiger partial charge in [-0.1, -0.05) is 36.2 Å². The smallest absolute Gasteiger partial charge is 0.135 e. The molecule has 0 fully saturated rings. The van der Waals surface area contributed by atoms with Crippen LogP contribution in [0.3, 0.4) is 0 Å². The highest BCUT2D eigenvalue weighted by Crippen LogP contribution is 2.23. The molecule has 0 radical (unpaired) electrons. The van der Waals surface area contributed by atoms with Crippen molar-refractivity contribution in [1.82, 2.24) is 9.97 Å². The molecule has 0 aliphatic carbocycles. The second kappa shape index (κ2) is 7.10. The molecule has 0 saturated heterocycles. The largest absolute Gasteiger partial charge is 0.370 e. The maximum atomic E-state index is 6.22. The van der Waals surface area contributed by atoms with E-state index in [1.807, 2.05) is 26.0 Å². The van der Waals surface area contributed by atoms with Crippen molar-refractivity contribution < 1.29 is 0 Å². The first-order valence-electron chi connectivity index (χ1n) is 7.03. The van der Waals surface area contributed by atoms with E-state index in [4.69, 9.17) is 23.2 Å². The summed E-state index contributed by atoms with van der Waals surface area (Å²) < 4.78 is 0. The van der Waals surface area contributed by atoms with E-state index in [0.29, 0.717) is 16.5 Å². The maximum Gasteiger partial charge on any atom is 0.135 e. The lowest BCUT2D eigenvalue weighted by molar-refractivity contribution is 0.904. The number of nitrogens with zero attached hydrogens (tertiary/aromatic N) is 2. The summed E-state index contributed by atoms with van der Waals surface area (Å²) in [5.74, 6) is 1.67. The van der Waals surface area contributed by atoms with E-state index in [1.165, 1.54) is 0 Å². The van der Waals surface area contributed by atoms with Crippen LogP contribution in [0.1, 0.15) is 36.0 Å². The number of aromatic nitrogens is 2. The number of halogens is 2. The van der Waals surface area contributed by atoms with Crippen molar-refractivity contribution in [2.24, 2.45) is 0 Å². The zero-order valence-corrected chi connectivity index (χ0v) is 14.0. The molecule has 2 aromatic rings. The van der Waals surface area contributed by atoms with Crippen molar-refractivity contribution in [2.45, 2.75) is 33.6 Å². The fraction of sp³-hybridized carbons (Fsp3) is 0.375. The summed E-state index contributed by atoms with van der Waals surface area (Å²) >= 11 is 12.1. The second-order valence-corrected chi connectivity index (χ2v) is 5.88. The summed E-state index contributed by atoms with van der Waals surface area (Å²) in [6.07, 6.45) is 1.65. The molecule has 3 nitrogen and oxygen atoms in total. The van der Waals surface area contributed by atoms with Gasteiger partial charge in [0.05, 0.1) is 0 Å². The Morgan fingerprint density at radius 1 is 1.14 bits per heavy atom. The van der Waals surface area contributed by atoms with Gasteiger partial charge in [0.1, 0.15) is 11.6 Å². The van der Waals surface area contributed by atoms with Crippen LogP contribution in [0.5, 0.6) is 0 Å². The summed E-state index contributed by atoms with van der Waals surface area (Å²) in [6.45, 7) is 7.07. The zero-order valence-electron chi connectivity index (χ0n) is 12.5. The van der Waals surface area contributed by atoms with Crippen molar-refractivity contribution in [3.05, 3.63) is 50.9 Å². The Hall–Kier alpha value is -1.32. The van der Waals surface area contributed by atoms with Crippen LogP contribution in [0, 0.1) is 13.8 Å². The predicted octanol–water partition coefficient (Wildman–Crippen LogP) is 4.81. The van der Waals surface area contributed by atoms with Gasteiger partial charge >= 0.3 is 0 Å². The van der Waals surface area contributed by atoms with Crippen LogP contribution in [0.15, 0.2) is 18.2 Å². The molecule has 0 unspecified atom stereocenters. The van der Waals surface area contributed by atoms with Gasteiger partial charge in [-0.15, -0.1) is 0 Å². The van der Waals surface area contributed by atoms with Gasteiger partial charge in [0.2, 0.25) is 0 Å². The van der Waals surface area contributed by atoms with Crippen LogP contribution in [0.25, 0.3) is 0 Å². The monoisotopic (exact) mass is 323 g/mol. The van der Waals surface area contributed by atoms with E-state index < -0.39 is 0 Å². The second-order valence-electron chi connectivity index (χ2n) is 5.04. The molecule has 5 heteroatoms. The van der Waals surface area contributed by atoms with E-state index in [2.05, 4.69) is 22.2 Å². The molecular weight excluding hydrogens is 305 g/mol. The molecule has 1 heterocycles. The number of anilines is 1. The number of benzene rings is 1. The van der Waals surface area contributed by atoms with Crippen LogP contribution >= 0.6 is 23.2 Å². The lowest BCUT2D eigenvalue weighted by Gasteiger charge is -2.12. The average molecular weight is 324 g/mol. The summed E-state index contributed by atoms with van der Waals surface area (Å²) in [7, 11) is 0. The van der Waals surface area contributed by atoms with Crippen molar-refractivity contribution in [3.63, 3.8) is 0 Å². The van der Waals surface area contributed by atoms with E-state index in [1.54, 1.807) is 6.07 Å². The summed E-state index contributed by atoms with van der Waals surface area (Å²) in [5, 5.41) is 4.63. The first-order valence-corrected chi connectivity index (χ1v) is 7.78. The molecule has 2 rings (SSSR count). The van der Waals surface area contributed by atoms with E-state index in [9.17, 15) is 0 Å². The molecule has 112 valence electrons. The number of nitrogens with one attached hydrogen (secondary N) is 1. The maximum absolute atomic E-state index is 6.22. The molecule has 0 atom stereocenters. The Kier molecular flexibility index (Phi) is 5.43.